The number of carboxylic acids is 1. The van der Waals surface area contributed by atoms with Crippen molar-refractivity contribution in [2.24, 2.45) is 5.92 Å². The first kappa shape index (κ1) is 13.5. The zero-order valence-corrected chi connectivity index (χ0v) is 10.2. The minimum atomic E-state index is -0.832. The van der Waals surface area contributed by atoms with Crippen LogP contribution >= 0.6 is 0 Å². The van der Waals surface area contributed by atoms with Gasteiger partial charge in [0, 0.05) is 6.61 Å². The number of methoxy groups -OCH3 is 1. The number of aliphatic carboxylic acids is 1. The number of hydrogen-bond donors (Lipinski definition) is 1. The van der Waals surface area contributed by atoms with Crippen molar-refractivity contribution in [2.45, 2.75) is 13.3 Å². The highest BCUT2D eigenvalue weighted by Gasteiger charge is 2.18. The molecule has 0 bridgehead atoms. The fourth-order valence-corrected chi connectivity index (χ4v) is 1.56. The van der Waals surface area contributed by atoms with E-state index in [9.17, 15) is 4.79 Å². The predicted molar refractivity (Wildman–Crippen MR) is 64.3 cm³/mol. The number of ether oxygens (including phenoxy) is 2. The van der Waals surface area contributed by atoms with E-state index in [-0.39, 0.29) is 6.61 Å². The molecular weight excluding hydrogens is 220 g/mol. The summed E-state index contributed by atoms with van der Waals surface area (Å²) in [7, 11) is 1.59. The Kier molecular flexibility index (Phi) is 5.49. The van der Waals surface area contributed by atoms with Crippen LogP contribution in [0.4, 0.5) is 0 Å². The summed E-state index contributed by atoms with van der Waals surface area (Å²) in [5.41, 5.74) is 0.941. The molecule has 0 aliphatic carbocycles. The average Bonchev–Trinajstić information content (AvgIpc) is 2.34. The van der Waals surface area contributed by atoms with Crippen molar-refractivity contribution in [1.82, 2.24) is 0 Å². The molecule has 0 fully saturated rings. The van der Waals surface area contributed by atoms with E-state index in [0.29, 0.717) is 13.0 Å². The fraction of sp³-hybridized carbons (Fsp3) is 0.462. The first-order valence-electron chi connectivity index (χ1n) is 5.60. The van der Waals surface area contributed by atoms with E-state index in [1.165, 1.54) is 0 Å². The van der Waals surface area contributed by atoms with Gasteiger partial charge in [-0.1, -0.05) is 12.1 Å². The second-order valence-electron chi connectivity index (χ2n) is 3.75. The Morgan fingerprint density at radius 1 is 1.47 bits per heavy atom. The van der Waals surface area contributed by atoms with Gasteiger partial charge in [0.2, 0.25) is 0 Å². The van der Waals surface area contributed by atoms with Crippen LogP contribution in [0.2, 0.25) is 0 Å². The van der Waals surface area contributed by atoms with Crippen LogP contribution in [0.15, 0.2) is 24.3 Å². The molecule has 1 aromatic rings. The Hall–Kier alpha value is -1.55. The Bertz CT molecular complexity index is 362. The fourth-order valence-electron chi connectivity index (χ4n) is 1.56. The number of carbonyl (C=O) groups is 1. The molecule has 1 atom stereocenters. The van der Waals surface area contributed by atoms with Gasteiger partial charge in [0.1, 0.15) is 5.75 Å². The van der Waals surface area contributed by atoms with Gasteiger partial charge in [0.05, 0.1) is 19.6 Å². The molecule has 0 aromatic heterocycles. The van der Waals surface area contributed by atoms with Crippen LogP contribution in [0.25, 0.3) is 0 Å². The van der Waals surface area contributed by atoms with Gasteiger partial charge in [-0.05, 0) is 31.0 Å². The third kappa shape index (κ3) is 4.44. The van der Waals surface area contributed by atoms with Crippen LogP contribution < -0.4 is 4.74 Å². The lowest BCUT2D eigenvalue weighted by molar-refractivity contribution is -0.143. The highest BCUT2D eigenvalue weighted by atomic mass is 16.5. The first-order valence-corrected chi connectivity index (χ1v) is 5.60. The number of rotatable bonds is 7. The summed E-state index contributed by atoms with van der Waals surface area (Å²) in [6, 6.07) is 7.43. The lowest BCUT2D eigenvalue weighted by Gasteiger charge is -2.12. The van der Waals surface area contributed by atoms with Crippen molar-refractivity contribution in [1.29, 1.82) is 0 Å². The maximum atomic E-state index is 11.1. The molecule has 0 radical (unpaired) electrons. The molecule has 0 saturated heterocycles. The zero-order chi connectivity index (χ0) is 12.7. The Morgan fingerprint density at radius 2 is 2.24 bits per heavy atom. The molecule has 1 rings (SSSR count). The van der Waals surface area contributed by atoms with Gasteiger partial charge in [-0.3, -0.25) is 4.79 Å². The lowest BCUT2D eigenvalue weighted by Crippen LogP contribution is -2.22. The molecule has 1 unspecified atom stereocenters. The Morgan fingerprint density at radius 3 is 2.82 bits per heavy atom. The first-order chi connectivity index (χ1) is 8.17. The molecule has 1 N–H and O–H groups in total. The molecule has 4 nitrogen and oxygen atoms in total. The minimum absolute atomic E-state index is 0.239. The molecule has 0 amide bonds. The second kappa shape index (κ2) is 6.91. The van der Waals surface area contributed by atoms with Crippen LogP contribution in [0.1, 0.15) is 12.5 Å². The summed E-state index contributed by atoms with van der Waals surface area (Å²) < 4.78 is 10.3. The topological polar surface area (TPSA) is 55.8 Å². The third-order valence-electron chi connectivity index (χ3n) is 2.49. The van der Waals surface area contributed by atoms with E-state index in [2.05, 4.69) is 0 Å². The van der Waals surface area contributed by atoms with Crippen molar-refractivity contribution in [3.8, 4) is 5.75 Å². The Balaban J connectivity index is 2.67. The Labute approximate surface area is 101 Å². The quantitative estimate of drug-likeness (QED) is 0.789. The highest BCUT2D eigenvalue weighted by molar-refractivity contribution is 5.70. The van der Waals surface area contributed by atoms with Gasteiger partial charge in [-0.2, -0.15) is 0 Å². The van der Waals surface area contributed by atoms with Gasteiger partial charge < -0.3 is 14.6 Å². The van der Waals surface area contributed by atoms with E-state index in [1.54, 1.807) is 7.11 Å². The highest BCUT2D eigenvalue weighted by Crippen LogP contribution is 2.16. The molecule has 0 spiro atoms. The van der Waals surface area contributed by atoms with Crippen LogP contribution in [-0.4, -0.2) is 31.4 Å². The molecular formula is C13H18O4. The molecule has 94 valence electrons. The van der Waals surface area contributed by atoms with Crippen molar-refractivity contribution >= 4 is 5.97 Å². The molecule has 0 aliphatic rings. The average molecular weight is 238 g/mol. The molecule has 0 saturated carbocycles. The molecule has 17 heavy (non-hydrogen) atoms. The zero-order valence-electron chi connectivity index (χ0n) is 10.2. The van der Waals surface area contributed by atoms with Gasteiger partial charge in [-0.15, -0.1) is 0 Å². The van der Waals surface area contributed by atoms with Crippen LogP contribution in [0, 0.1) is 5.92 Å². The van der Waals surface area contributed by atoms with Crippen molar-refractivity contribution < 1.29 is 19.4 Å². The van der Waals surface area contributed by atoms with Crippen molar-refractivity contribution in [2.75, 3.05) is 20.3 Å². The molecule has 4 heteroatoms. The second-order valence-corrected chi connectivity index (χ2v) is 3.75. The number of carboxylic acid groups (broad SMARTS) is 1. The molecule has 0 aliphatic heterocycles. The summed E-state index contributed by atoms with van der Waals surface area (Å²) in [5.74, 6) is -0.605. The van der Waals surface area contributed by atoms with E-state index in [1.807, 2.05) is 31.2 Å². The van der Waals surface area contributed by atoms with Crippen LogP contribution in [0.3, 0.4) is 0 Å². The lowest BCUT2D eigenvalue weighted by atomic mass is 10.00. The summed E-state index contributed by atoms with van der Waals surface area (Å²) in [4.78, 5) is 11.1. The maximum Gasteiger partial charge on any atom is 0.309 e. The summed E-state index contributed by atoms with van der Waals surface area (Å²) in [6.45, 7) is 2.62. The number of benzene rings is 1. The molecule has 1 aromatic carbocycles. The standard InChI is InChI=1S/C13H18O4/c1-3-17-9-11(13(14)15)7-10-5-4-6-12(8-10)16-2/h4-6,8,11H,3,7,9H2,1-2H3,(H,14,15). The SMILES string of the molecule is CCOCC(Cc1cccc(OC)c1)C(=O)O. The third-order valence-corrected chi connectivity index (χ3v) is 2.49. The largest absolute Gasteiger partial charge is 0.497 e. The maximum absolute atomic E-state index is 11.1. The van der Waals surface area contributed by atoms with Gasteiger partial charge in [0.15, 0.2) is 0 Å². The van der Waals surface area contributed by atoms with Crippen LogP contribution in [-0.2, 0) is 16.0 Å². The number of hydrogen-bond acceptors (Lipinski definition) is 3. The van der Waals surface area contributed by atoms with Crippen molar-refractivity contribution in [3.63, 3.8) is 0 Å². The normalized spacial score (nSPS) is 12.1. The summed E-state index contributed by atoms with van der Waals surface area (Å²) >= 11 is 0. The van der Waals surface area contributed by atoms with Gasteiger partial charge in [0.25, 0.3) is 0 Å². The van der Waals surface area contributed by atoms with E-state index in [0.717, 1.165) is 11.3 Å². The van der Waals surface area contributed by atoms with Crippen LogP contribution in [0.5, 0.6) is 5.75 Å². The van der Waals surface area contributed by atoms with Crippen molar-refractivity contribution in [3.05, 3.63) is 29.8 Å². The summed E-state index contributed by atoms with van der Waals surface area (Å²) in [5, 5.41) is 9.08. The van der Waals surface area contributed by atoms with E-state index in [4.69, 9.17) is 14.6 Å². The minimum Gasteiger partial charge on any atom is -0.497 e. The predicted octanol–water partition coefficient (Wildman–Crippen LogP) is 1.98. The molecule has 0 heterocycles. The smallest absolute Gasteiger partial charge is 0.309 e. The van der Waals surface area contributed by atoms with E-state index < -0.39 is 11.9 Å². The van der Waals surface area contributed by atoms with Gasteiger partial charge >= 0.3 is 5.97 Å². The summed E-state index contributed by atoms with van der Waals surface area (Å²) in [6.07, 6.45) is 0.451. The van der Waals surface area contributed by atoms with E-state index >= 15 is 0 Å². The van der Waals surface area contributed by atoms with Gasteiger partial charge in [-0.25, -0.2) is 0 Å². The monoisotopic (exact) mass is 238 g/mol.